The molecule has 5 nitrogen and oxygen atoms in total. The zero-order valence-electron chi connectivity index (χ0n) is 9.82. The Morgan fingerprint density at radius 2 is 1.94 bits per heavy atom. The molecule has 0 aliphatic heterocycles. The van der Waals surface area contributed by atoms with E-state index in [1.165, 1.54) is 0 Å². The van der Waals surface area contributed by atoms with Crippen LogP contribution in [-0.4, -0.2) is 4.98 Å². The van der Waals surface area contributed by atoms with Crippen LogP contribution < -0.4 is 5.73 Å². The van der Waals surface area contributed by atoms with Gasteiger partial charge in [-0.2, -0.15) is 0 Å². The van der Waals surface area contributed by atoms with Gasteiger partial charge in [-0.25, -0.2) is 0 Å². The lowest BCUT2D eigenvalue weighted by Gasteiger charge is -2.11. The average molecular weight is 239 g/mol. The molecule has 0 saturated heterocycles. The van der Waals surface area contributed by atoms with Crippen molar-refractivity contribution in [3.05, 3.63) is 64.3 Å². The van der Waals surface area contributed by atoms with Crippen molar-refractivity contribution in [2.75, 3.05) is 0 Å². The number of azide groups is 1. The van der Waals surface area contributed by atoms with Crippen LogP contribution in [0.25, 0.3) is 21.6 Å². The number of hydrogen-bond acceptors (Lipinski definition) is 3. The summed E-state index contributed by atoms with van der Waals surface area (Å²) in [5.41, 5.74) is 18.2. The first-order valence-corrected chi connectivity index (χ1v) is 5.59. The molecule has 18 heavy (non-hydrogen) atoms. The van der Waals surface area contributed by atoms with Crippen LogP contribution in [-0.2, 0) is 13.1 Å². The van der Waals surface area contributed by atoms with Crippen LogP contribution in [0.4, 0.5) is 0 Å². The van der Waals surface area contributed by atoms with Crippen molar-refractivity contribution in [3.63, 3.8) is 0 Å². The Labute approximate surface area is 105 Å². The molecule has 0 radical (unpaired) electrons. The van der Waals surface area contributed by atoms with E-state index in [9.17, 15) is 0 Å². The van der Waals surface area contributed by atoms with Crippen LogP contribution in [0.3, 0.4) is 0 Å². The second kappa shape index (κ2) is 5.82. The lowest BCUT2D eigenvalue weighted by Crippen LogP contribution is -2.00. The minimum atomic E-state index is 0.290. The molecule has 0 bridgehead atoms. The summed E-state index contributed by atoms with van der Waals surface area (Å²) in [6.07, 6.45) is 3.44. The number of rotatable bonds is 4. The van der Waals surface area contributed by atoms with Gasteiger partial charge in [0.25, 0.3) is 0 Å². The zero-order valence-corrected chi connectivity index (χ0v) is 9.82. The summed E-state index contributed by atoms with van der Waals surface area (Å²) in [6, 6.07) is 9.84. The van der Waals surface area contributed by atoms with Gasteiger partial charge in [0.05, 0.1) is 6.54 Å². The van der Waals surface area contributed by atoms with E-state index in [2.05, 4.69) is 15.0 Å². The number of benzene rings is 1. The summed E-state index contributed by atoms with van der Waals surface area (Å²) in [7, 11) is 0. The smallest absolute Gasteiger partial charge is 0.0532 e. The lowest BCUT2D eigenvalue weighted by molar-refractivity contribution is 1.02. The molecule has 1 aromatic heterocycles. The monoisotopic (exact) mass is 239 g/mol. The van der Waals surface area contributed by atoms with Crippen molar-refractivity contribution in [1.29, 1.82) is 0 Å². The predicted octanol–water partition coefficient (Wildman–Crippen LogP) is 3.02. The first-order valence-electron chi connectivity index (χ1n) is 5.59. The molecule has 0 aliphatic rings. The van der Waals surface area contributed by atoms with Crippen molar-refractivity contribution >= 4 is 0 Å². The van der Waals surface area contributed by atoms with E-state index < -0.39 is 0 Å². The minimum Gasteiger partial charge on any atom is -0.326 e. The molecular weight excluding hydrogens is 226 g/mol. The van der Waals surface area contributed by atoms with Crippen molar-refractivity contribution in [3.8, 4) is 11.1 Å². The van der Waals surface area contributed by atoms with Crippen molar-refractivity contribution in [2.45, 2.75) is 13.1 Å². The Morgan fingerprint density at radius 3 is 2.72 bits per heavy atom. The Balaban J connectivity index is 2.52. The summed E-state index contributed by atoms with van der Waals surface area (Å²) >= 11 is 0. The third-order valence-electron chi connectivity index (χ3n) is 2.74. The molecule has 0 aliphatic carbocycles. The quantitative estimate of drug-likeness (QED) is 0.505. The number of pyridine rings is 1. The van der Waals surface area contributed by atoms with E-state index in [1.807, 2.05) is 30.3 Å². The third-order valence-corrected chi connectivity index (χ3v) is 2.74. The molecule has 90 valence electrons. The molecule has 0 spiro atoms. The Morgan fingerprint density at radius 1 is 1.17 bits per heavy atom. The van der Waals surface area contributed by atoms with Gasteiger partial charge in [-0.05, 0) is 33.9 Å². The molecule has 0 amide bonds. The predicted molar refractivity (Wildman–Crippen MR) is 70.4 cm³/mol. The average Bonchev–Trinajstić information content (AvgIpc) is 2.45. The van der Waals surface area contributed by atoms with E-state index in [4.69, 9.17) is 11.3 Å². The fourth-order valence-corrected chi connectivity index (χ4v) is 1.88. The van der Waals surface area contributed by atoms with Gasteiger partial charge in [0.15, 0.2) is 0 Å². The number of hydrogen-bond donors (Lipinski definition) is 1. The zero-order chi connectivity index (χ0) is 12.8. The van der Waals surface area contributed by atoms with E-state index in [-0.39, 0.29) is 0 Å². The second-order valence-corrected chi connectivity index (χ2v) is 3.78. The van der Waals surface area contributed by atoms with Gasteiger partial charge in [-0.1, -0.05) is 29.4 Å². The highest BCUT2D eigenvalue weighted by Crippen LogP contribution is 2.26. The molecule has 1 heterocycles. The number of nitrogens with zero attached hydrogens (tertiary/aromatic N) is 4. The van der Waals surface area contributed by atoms with Crippen LogP contribution >= 0.6 is 0 Å². The maximum Gasteiger partial charge on any atom is 0.0532 e. The normalized spacial score (nSPS) is 9.83. The van der Waals surface area contributed by atoms with Crippen LogP contribution in [0.5, 0.6) is 0 Å². The molecule has 2 rings (SSSR count). The summed E-state index contributed by atoms with van der Waals surface area (Å²) in [5, 5.41) is 3.59. The fourth-order valence-electron chi connectivity index (χ4n) is 1.88. The van der Waals surface area contributed by atoms with E-state index in [0.29, 0.717) is 13.1 Å². The maximum atomic E-state index is 8.41. The molecule has 0 unspecified atom stereocenters. The summed E-state index contributed by atoms with van der Waals surface area (Å²) in [5.74, 6) is 0. The van der Waals surface area contributed by atoms with Gasteiger partial charge in [0.2, 0.25) is 0 Å². The Kier molecular flexibility index (Phi) is 3.91. The van der Waals surface area contributed by atoms with E-state index >= 15 is 0 Å². The van der Waals surface area contributed by atoms with Crippen LogP contribution in [0.15, 0.2) is 47.8 Å². The number of aromatic nitrogens is 1. The van der Waals surface area contributed by atoms with Crippen molar-refractivity contribution in [2.24, 2.45) is 10.8 Å². The standard InChI is InChI=1S/C13H13N5/c14-7-10-3-1-2-4-12(10)13-5-6-16-8-11(13)9-17-18-15/h1-6,8H,7,9,14H2. The van der Waals surface area contributed by atoms with Crippen LogP contribution in [0.1, 0.15) is 11.1 Å². The number of nitrogens with two attached hydrogens (primary N) is 1. The highest BCUT2D eigenvalue weighted by atomic mass is 15.1. The molecular formula is C13H13N5. The summed E-state index contributed by atoms with van der Waals surface area (Å²) < 4.78 is 0. The van der Waals surface area contributed by atoms with E-state index in [1.54, 1.807) is 12.4 Å². The maximum absolute atomic E-state index is 8.41. The first kappa shape index (κ1) is 12.1. The second-order valence-electron chi connectivity index (χ2n) is 3.78. The third kappa shape index (κ3) is 2.48. The molecule has 0 saturated carbocycles. The van der Waals surface area contributed by atoms with Crippen molar-refractivity contribution < 1.29 is 0 Å². The first-order chi connectivity index (χ1) is 8.86. The lowest BCUT2D eigenvalue weighted by atomic mass is 9.97. The largest absolute Gasteiger partial charge is 0.326 e. The summed E-state index contributed by atoms with van der Waals surface area (Å²) in [4.78, 5) is 6.85. The van der Waals surface area contributed by atoms with Gasteiger partial charge in [0, 0.05) is 23.9 Å². The minimum absolute atomic E-state index is 0.290. The molecule has 0 fully saturated rings. The van der Waals surface area contributed by atoms with Crippen molar-refractivity contribution in [1.82, 2.24) is 4.98 Å². The highest BCUT2D eigenvalue weighted by Gasteiger charge is 2.07. The molecule has 2 N–H and O–H groups in total. The highest BCUT2D eigenvalue weighted by molar-refractivity contribution is 5.70. The topological polar surface area (TPSA) is 87.7 Å². The van der Waals surface area contributed by atoms with Gasteiger partial charge in [-0.15, -0.1) is 0 Å². The molecule has 2 aromatic rings. The van der Waals surface area contributed by atoms with Gasteiger partial charge >= 0.3 is 0 Å². The Hall–Kier alpha value is -2.36. The fraction of sp³-hybridized carbons (Fsp3) is 0.154. The molecule has 5 heteroatoms. The van der Waals surface area contributed by atoms with Crippen LogP contribution in [0.2, 0.25) is 0 Å². The molecule has 0 atom stereocenters. The SMILES string of the molecule is [N-]=[N+]=NCc1cnccc1-c1ccccc1CN. The Bertz CT molecular complexity index is 587. The molecule has 1 aromatic carbocycles. The van der Waals surface area contributed by atoms with Gasteiger partial charge in [-0.3, -0.25) is 4.98 Å². The van der Waals surface area contributed by atoms with Gasteiger partial charge in [0.1, 0.15) is 0 Å². The van der Waals surface area contributed by atoms with E-state index in [0.717, 1.165) is 22.3 Å². The van der Waals surface area contributed by atoms with Crippen LogP contribution in [0, 0.1) is 0 Å². The summed E-state index contributed by atoms with van der Waals surface area (Å²) in [6.45, 7) is 0.762. The van der Waals surface area contributed by atoms with Gasteiger partial charge < -0.3 is 5.73 Å².